The number of ketones is 1. The lowest BCUT2D eigenvalue weighted by atomic mass is 10.1. The van der Waals surface area contributed by atoms with E-state index in [1.165, 1.54) is 51.9 Å². The Labute approximate surface area is 178 Å². The highest BCUT2D eigenvalue weighted by Crippen LogP contribution is 2.40. The predicted octanol–water partition coefficient (Wildman–Crippen LogP) is 3.85. The van der Waals surface area contributed by atoms with Crippen LogP contribution in [0.4, 0.5) is 0 Å². The quantitative estimate of drug-likeness (QED) is 0.568. The van der Waals surface area contributed by atoms with Crippen LogP contribution < -0.4 is 9.47 Å². The van der Waals surface area contributed by atoms with Crippen molar-refractivity contribution in [3.8, 4) is 22.6 Å². The van der Waals surface area contributed by atoms with Crippen molar-refractivity contribution in [3.05, 3.63) is 47.5 Å². The highest BCUT2D eigenvalue weighted by molar-refractivity contribution is 6.22. The largest absolute Gasteiger partial charge is 0.492 e. The van der Waals surface area contributed by atoms with E-state index < -0.39 is 0 Å². The van der Waals surface area contributed by atoms with E-state index in [9.17, 15) is 4.79 Å². The maximum Gasteiger partial charge on any atom is 0.194 e. The minimum Gasteiger partial charge on any atom is -0.492 e. The van der Waals surface area contributed by atoms with Gasteiger partial charge in [0, 0.05) is 24.2 Å². The minimum atomic E-state index is 0.0774. The summed E-state index contributed by atoms with van der Waals surface area (Å²) in [4.78, 5) is 17.8. The zero-order chi connectivity index (χ0) is 20.3. The van der Waals surface area contributed by atoms with Gasteiger partial charge in [0.15, 0.2) is 5.78 Å². The van der Waals surface area contributed by atoms with Crippen LogP contribution in [0.15, 0.2) is 36.4 Å². The lowest BCUT2D eigenvalue weighted by Crippen LogP contribution is -2.25. The third kappa shape index (κ3) is 4.09. The van der Waals surface area contributed by atoms with E-state index in [-0.39, 0.29) is 5.78 Å². The first-order valence-electron chi connectivity index (χ1n) is 11.3. The van der Waals surface area contributed by atoms with Gasteiger partial charge in [-0.25, -0.2) is 0 Å². The van der Waals surface area contributed by atoms with Crippen LogP contribution in [0.1, 0.15) is 41.6 Å². The number of fused-ring (bicyclic) bond motifs is 3. The molecule has 2 aromatic rings. The van der Waals surface area contributed by atoms with Crippen LogP contribution in [-0.2, 0) is 0 Å². The van der Waals surface area contributed by atoms with Gasteiger partial charge in [0.2, 0.25) is 0 Å². The first-order chi connectivity index (χ1) is 14.8. The number of benzene rings is 2. The molecule has 2 fully saturated rings. The average Bonchev–Trinajstić information content (AvgIpc) is 3.51. The van der Waals surface area contributed by atoms with Crippen molar-refractivity contribution >= 4 is 5.78 Å². The van der Waals surface area contributed by atoms with Crippen molar-refractivity contribution in [2.75, 3.05) is 52.5 Å². The number of carbonyl (C=O) groups is 1. The van der Waals surface area contributed by atoms with Crippen molar-refractivity contribution in [2.45, 2.75) is 25.7 Å². The standard InChI is InChI=1S/C25H30N2O3/c28-25-22-8-6-19(29-15-13-26-9-1-2-10-26)17-23(22)21-7-5-20(18-24(21)25)30-16-14-27-11-3-4-12-27/h5-8,17-18H,1-4,9-16H2. The monoisotopic (exact) mass is 406 g/mol. The third-order valence-electron chi connectivity index (χ3n) is 6.51. The van der Waals surface area contributed by atoms with Gasteiger partial charge in [-0.3, -0.25) is 14.6 Å². The molecular formula is C25H30N2O3. The summed E-state index contributed by atoms with van der Waals surface area (Å²) in [5.41, 5.74) is 3.44. The molecule has 0 saturated carbocycles. The molecule has 0 atom stereocenters. The van der Waals surface area contributed by atoms with Crippen LogP contribution in [0.25, 0.3) is 11.1 Å². The first-order valence-corrected chi connectivity index (χ1v) is 11.3. The summed E-state index contributed by atoms with van der Waals surface area (Å²) >= 11 is 0. The van der Waals surface area contributed by atoms with Gasteiger partial charge in [-0.05, 0) is 99.4 Å². The third-order valence-corrected chi connectivity index (χ3v) is 6.51. The predicted molar refractivity (Wildman–Crippen MR) is 118 cm³/mol. The van der Waals surface area contributed by atoms with Crippen LogP contribution in [0, 0.1) is 0 Å². The lowest BCUT2D eigenvalue weighted by Gasteiger charge is -2.15. The molecule has 0 bridgehead atoms. The Hall–Kier alpha value is -2.37. The SMILES string of the molecule is O=C1c2cc(OCCN3CCCC3)ccc2-c2cc(OCCN3CCCC3)ccc21. The van der Waals surface area contributed by atoms with E-state index in [0.717, 1.165) is 46.8 Å². The van der Waals surface area contributed by atoms with Crippen molar-refractivity contribution in [1.29, 1.82) is 0 Å². The lowest BCUT2D eigenvalue weighted by molar-refractivity contribution is 0.104. The van der Waals surface area contributed by atoms with Crippen LogP contribution in [0.2, 0.25) is 0 Å². The number of nitrogens with zero attached hydrogens (tertiary/aromatic N) is 2. The van der Waals surface area contributed by atoms with Gasteiger partial charge < -0.3 is 9.47 Å². The van der Waals surface area contributed by atoms with Gasteiger partial charge in [0.25, 0.3) is 0 Å². The molecule has 0 amide bonds. The summed E-state index contributed by atoms with van der Waals surface area (Å²) in [5.74, 6) is 1.68. The average molecular weight is 407 g/mol. The summed E-state index contributed by atoms with van der Waals surface area (Å²) in [7, 11) is 0. The number of rotatable bonds is 8. The van der Waals surface area contributed by atoms with Gasteiger partial charge in [0.05, 0.1) is 0 Å². The molecule has 0 N–H and O–H groups in total. The maximum absolute atomic E-state index is 12.9. The second-order valence-corrected chi connectivity index (χ2v) is 8.54. The fraction of sp³-hybridized carbons (Fsp3) is 0.480. The van der Waals surface area contributed by atoms with Crippen molar-refractivity contribution < 1.29 is 14.3 Å². The topological polar surface area (TPSA) is 42.0 Å². The highest BCUT2D eigenvalue weighted by atomic mass is 16.5. The van der Waals surface area contributed by atoms with E-state index >= 15 is 0 Å². The molecule has 5 heteroatoms. The van der Waals surface area contributed by atoms with Crippen molar-refractivity contribution in [2.24, 2.45) is 0 Å². The van der Waals surface area contributed by atoms with Gasteiger partial charge >= 0.3 is 0 Å². The Morgan fingerprint density at radius 1 is 0.633 bits per heavy atom. The molecule has 0 radical (unpaired) electrons. The number of likely N-dealkylation sites (tertiary alicyclic amines) is 2. The Morgan fingerprint density at radius 3 is 1.70 bits per heavy atom. The summed E-state index contributed by atoms with van der Waals surface area (Å²) in [5, 5.41) is 0. The van der Waals surface area contributed by atoms with Gasteiger partial charge in [-0.1, -0.05) is 0 Å². The number of ether oxygens (including phenoxy) is 2. The zero-order valence-electron chi connectivity index (χ0n) is 17.6. The van der Waals surface area contributed by atoms with Crippen molar-refractivity contribution in [1.82, 2.24) is 9.80 Å². The van der Waals surface area contributed by atoms with Gasteiger partial charge in [-0.2, -0.15) is 0 Å². The van der Waals surface area contributed by atoms with Crippen LogP contribution in [-0.4, -0.2) is 68.1 Å². The van der Waals surface area contributed by atoms with E-state index in [0.29, 0.717) is 13.2 Å². The number of hydrogen-bond donors (Lipinski definition) is 0. The fourth-order valence-electron chi connectivity index (χ4n) is 4.81. The Kier molecular flexibility index (Phi) is 5.73. The van der Waals surface area contributed by atoms with E-state index in [4.69, 9.17) is 9.47 Å². The molecule has 0 aromatic heterocycles. The zero-order valence-corrected chi connectivity index (χ0v) is 17.6. The minimum absolute atomic E-state index is 0.0774. The Bertz CT molecular complexity index is 915. The normalized spacial score (nSPS) is 18.6. The second kappa shape index (κ2) is 8.78. The van der Waals surface area contributed by atoms with Crippen molar-refractivity contribution in [3.63, 3.8) is 0 Å². The molecule has 0 spiro atoms. The molecule has 5 nitrogen and oxygen atoms in total. The number of carbonyl (C=O) groups excluding carboxylic acids is 1. The first kappa shape index (κ1) is 19.6. The second-order valence-electron chi connectivity index (χ2n) is 8.54. The Morgan fingerprint density at radius 2 is 1.13 bits per heavy atom. The van der Waals surface area contributed by atoms with E-state index in [2.05, 4.69) is 9.80 Å². The molecule has 2 aromatic carbocycles. The van der Waals surface area contributed by atoms with E-state index in [1.54, 1.807) is 0 Å². The fourth-order valence-corrected chi connectivity index (χ4v) is 4.81. The molecule has 3 aliphatic rings. The molecule has 0 unspecified atom stereocenters. The molecule has 5 rings (SSSR count). The molecule has 2 heterocycles. The summed E-state index contributed by atoms with van der Waals surface area (Å²) in [6, 6.07) is 11.7. The molecule has 1 aliphatic carbocycles. The Balaban J connectivity index is 1.23. The highest BCUT2D eigenvalue weighted by Gasteiger charge is 2.27. The molecular weight excluding hydrogens is 376 g/mol. The molecule has 2 saturated heterocycles. The smallest absolute Gasteiger partial charge is 0.194 e. The summed E-state index contributed by atoms with van der Waals surface area (Å²) in [6.07, 6.45) is 5.16. The molecule has 30 heavy (non-hydrogen) atoms. The van der Waals surface area contributed by atoms with E-state index in [1.807, 2.05) is 36.4 Å². The maximum atomic E-state index is 12.9. The van der Waals surface area contributed by atoms with Gasteiger partial charge in [0.1, 0.15) is 24.7 Å². The number of hydrogen-bond acceptors (Lipinski definition) is 5. The van der Waals surface area contributed by atoms with Crippen LogP contribution >= 0.6 is 0 Å². The summed E-state index contributed by atoms with van der Waals surface area (Å²) in [6.45, 7) is 7.95. The summed E-state index contributed by atoms with van der Waals surface area (Å²) < 4.78 is 11.9. The molecule has 2 aliphatic heterocycles. The van der Waals surface area contributed by atoms with Crippen LogP contribution in [0.5, 0.6) is 11.5 Å². The molecule has 158 valence electrons. The van der Waals surface area contributed by atoms with Crippen LogP contribution in [0.3, 0.4) is 0 Å². The van der Waals surface area contributed by atoms with Gasteiger partial charge in [-0.15, -0.1) is 0 Å².